The van der Waals surface area contributed by atoms with E-state index in [0.717, 1.165) is 31.8 Å². The van der Waals surface area contributed by atoms with E-state index < -0.39 is 0 Å². The highest BCUT2D eigenvalue weighted by Gasteiger charge is 2.19. The molecule has 0 radical (unpaired) electrons. The summed E-state index contributed by atoms with van der Waals surface area (Å²) >= 11 is 0. The Morgan fingerprint density at radius 2 is 2.00 bits per heavy atom. The number of amides is 1. The van der Waals surface area contributed by atoms with Crippen LogP contribution in [0.4, 0.5) is 11.6 Å². The molecule has 1 saturated heterocycles. The third-order valence-electron chi connectivity index (χ3n) is 4.30. The quantitative estimate of drug-likeness (QED) is 0.935. The standard InChI is InChI=1S/C18H22N4O2/c1-13-8-11-22(12-9-13)18-19-10-7-15(21-18)17(23)20-14-5-3-4-6-16(14)24-2/h3-7,10,13H,8-9,11-12H2,1-2H3,(H,20,23). The van der Waals surface area contributed by atoms with Crippen LogP contribution < -0.4 is 15.0 Å². The predicted molar refractivity (Wildman–Crippen MR) is 93.6 cm³/mol. The van der Waals surface area contributed by atoms with Crippen LogP contribution in [0.1, 0.15) is 30.3 Å². The average molecular weight is 326 g/mol. The second kappa shape index (κ2) is 7.29. The molecule has 1 aliphatic heterocycles. The molecule has 3 rings (SSSR count). The monoisotopic (exact) mass is 326 g/mol. The lowest BCUT2D eigenvalue weighted by molar-refractivity contribution is 0.102. The van der Waals surface area contributed by atoms with Gasteiger partial charge in [0.05, 0.1) is 12.8 Å². The molecule has 0 aliphatic carbocycles. The summed E-state index contributed by atoms with van der Waals surface area (Å²) in [5.41, 5.74) is 0.974. The number of nitrogens with one attached hydrogen (secondary N) is 1. The lowest BCUT2D eigenvalue weighted by Gasteiger charge is -2.30. The van der Waals surface area contributed by atoms with E-state index in [1.807, 2.05) is 12.1 Å². The van der Waals surface area contributed by atoms with Crippen LogP contribution in [-0.2, 0) is 0 Å². The van der Waals surface area contributed by atoms with E-state index in [1.54, 1.807) is 31.5 Å². The SMILES string of the molecule is COc1ccccc1NC(=O)c1ccnc(N2CCC(C)CC2)n1. The van der Waals surface area contributed by atoms with Crippen LogP contribution in [0, 0.1) is 5.92 Å². The first kappa shape index (κ1) is 16.2. The Labute approximate surface area is 141 Å². The highest BCUT2D eigenvalue weighted by atomic mass is 16.5. The summed E-state index contributed by atoms with van der Waals surface area (Å²) in [5.74, 6) is 1.70. The molecule has 1 aromatic heterocycles. The van der Waals surface area contributed by atoms with E-state index in [-0.39, 0.29) is 5.91 Å². The van der Waals surface area contributed by atoms with Crippen LogP contribution in [0.2, 0.25) is 0 Å². The van der Waals surface area contributed by atoms with E-state index in [1.165, 1.54) is 0 Å². The van der Waals surface area contributed by atoms with Crippen molar-refractivity contribution >= 4 is 17.5 Å². The third-order valence-corrected chi connectivity index (χ3v) is 4.30. The van der Waals surface area contributed by atoms with Gasteiger partial charge in [-0.3, -0.25) is 4.79 Å². The fraction of sp³-hybridized carbons (Fsp3) is 0.389. The number of benzene rings is 1. The van der Waals surface area contributed by atoms with E-state index in [0.29, 0.717) is 23.1 Å². The second-order valence-corrected chi connectivity index (χ2v) is 6.07. The summed E-state index contributed by atoms with van der Waals surface area (Å²) in [4.78, 5) is 23.4. The molecule has 1 amide bonds. The van der Waals surface area contributed by atoms with Crippen LogP contribution in [0.5, 0.6) is 5.75 Å². The van der Waals surface area contributed by atoms with Gasteiger partial charge in [-0.2, -0.15) is 0 Å². The normalized spacial score (nSPS) is 15.2. The smallest absolute Gasteiger partial charge is 0.274 e. The number of aromatic nitrogens is 2. The molecular weight excluding hydrogens is 304 g/mol. The minimum atomic E-state index is -0.270. The summed E-state index contributed by atoms with van der Waals surface area (Å²) in [6, 6.07) is 8.93. The topological polar surface area (TPSA) is 67.3 Å². The van der Waals surface area contributed by atoms with Gasteiger partial charge in [0.1, 0.15) is 11.4 Å². The molecule has 2 heterocycles. The van der Waals surface area contributed by atoms with Crippen LogP contribution in [0.15, 0.2) is 36.5 Å². The Bertz CT molecular complexity index is 712. The van der Waals surface area contributed by atoms with Gasteiger partial charge in [-0.25, -0.2) is 9.97 Å². The zero-order valence-corrected chi connectivity index (χ0v) is 14.0. The van der Waals surface area contributed by atoms with E-state index >= 15 is 0 Å². The van der Waals surface area contributed by atoms with Crippen molar-refractivity contribution in [2.24, 2.45) is 5.92 Å². The number of nitrogens with zero attached hydrogens (tertiary/aromatic N) is 3. The first-order valence-electron chi connectivity index (χ1n) is 8.19. The number of rotatable bonds is 4. The van der Waals surface area contributed by atoms with Gasteiger partial charge < -0.3 is 15.0 Å². The lowest BCUT2D eigenvalue weighted by atomic mass is 10.00. The van der Waals surface area contributed by atoms with Crippen LogP contribution >= 0.6 is 0 Å². The molecule has 6 nitrogen and oxygen atoms in total. The maximum absolute atomic E-state index is 12.5. The number of carbonyl (C=O) groups excluding carboxylic acids is 1. The average Bonchev–Trinajstić information content (AvgIpc) is 2.63. The van der Waals surface area contributed by atoms with Crippen LogP contribution in [-0.4, -0.2) is 36.1 Å². The minimum absolute atomic E-state index is 0.270. The molecule has 6 heteroatoms. The fourth-order valence-corrected chi connectivity index (χ4v) is 2.77. The van der Waals surface area contributed by atoms with Crippen molar-refractivity contribution in [3.63, 3.8) is 0 Å². The molecule has 1 N–H and O–H groups in total. The number of carbonyl (C=O) groups is 1. The number of ether oxygens (including phenoxy) is 1. The van der Waals surface area contributed by atoms with Crippen molar-refractivity contribution < 1.29 is 9.53 Å². The van der Waals surface area contributed by atoms with Crippen molar-refractivity contribution in [3.05, 3.63) is 42.2 Å². The largest absolute Gasteiger partial charge is 0.495 e. The summed E-state index contributed by atoms with van der Waals surface area (Å²) in [6.45, 7) is 4.12. The molecule has 1 aromatic carbocycles. The Morgan fingerprint density at radius 1 is 1.25 bits per heavy atom. The number of methoxy groups -OCH3 is 1. The molecule has 1 fully saturated rings. The number of piperidine rings is 1. The lowest BCUT2D eigenvalue weighted by Crippen LogP contribution is -2.34. The minimum Gasteiger partial charge on any atom is -0.495 e. The van der Waals surface area contributed by atoms with E-state index in [9.17, 15) is 4.79 Å². The maximum Gasteiger partial charge on any atom is 0.274 e. The maximum atomic E-state index is 12.5. The molecule has 24 heavy (non-hydrogen) atoms. The van der Waals surface area contributed by atoms with Gasteiger partial charge in [0, 0.05) is 19.3 Å². The number of hydrogen-bond donors (Lipinski definition) is 1. The van der Waals surface area contributed by atoms with Gasteiger partial charge >= 0.3 is 0 Å². The summed E-state index contributed by atoms with van der Waals surface area (Å²) < 4.78 is 5.26. The van der Waals surface area contributed by atoms with Crippen molar-refractivity contribution in [1.29, 1.82) is 0 Å². The summed E-state index contributed by atoms with van der Waals surface area (Å²) in [5, 5.41) is 2.84. The van der Waals surface area contributed by atoms with E-state index in [4.69, 9.17) is 4.74 Å². The Hall–Kier alpha value is -2.63. The van der Waals surface area contributed by atoms with Crippen LogP contribution in [0.3, 0.4) is 0 Å². The van der Waals surface area contributed by atoms with Gasteiger partial charge in [-0.05, 0) is 37.0 Å². The molecule has 1 aliphatic rings. The van der Waals surface area contributed by atoms with Crippen molar-refractivity contribution in [2.75, 3.05) is 30.4 Å². The predicted octanol–water partition coefficient (Wildman–Crippen LogP) is 2.97. The third kappa shape index (κ3) is 3.64. The zero-order valence-electron chi connectivity index (χ0n) is 14.0. The highest BCUT2D eigenvalue weighted by molar-refractivity contribution is 6.03. The Kier molecular flexibility index (Phi) is 4.93. The number of anilines is 2. The Balaban J connectivity index is 1.75. The van der Waals surface area contributed by atoms with Gasteiger partial charge in [-0.1, -0.05) is 19.1 Å². The first-order valence-corrected chi connectivity index (χ1v) is 8.19. The number of para-hydroxylation sites is 2. The molecular formula is C18H22N4O2. The molecule has 0 atom stereocenters. The second-order valence-electron chi connectivity index (χ2n) is 6.07. The van der Waals surface area contributed by atoms with E-state index in [2.05, 4.69) is 27.1 Å². The first-order chi connectivity index (χ1) is 11.7. The molecule has 0 bridgehead atoms. The van der Waals surface area contributed by atoms with Gasteiger partial charge in [0.25, 0.3) is 5.91 Å². The number of hydrogen-bond acceptors (Lipinski definition) is 5. The summed E-state index contributed by atoms with van der Waals surface area (Å²) in [7, 11) is 1.57. The molecule has 2 aromatic rings. The molecule has 0 saturated carbocycles. The molecule has 0 unspecified atom stereocenters. The highest BCUT2D eigenvalue weighted by Crippen LogP contribution is 2.24. The fourth-order valence-electron chi connectivity index (χ4n) is 2.77. The van der Waals surface area contributed by atoms with Crippen molar-refractivity contribution in [2.45, 2.75) is 19.8 Å². The zero-order chi connectivity index (χ0) is 16.9. The van der Waals surface area contributed by atoms with Gasteiger partial charge in [0.15, 0.2) is 0 Å². The van der Waals surface area contributed by atoms with Crippen molar-refractivity contribution in [1.82, 2.24) is 9.97 Å². The molecule has 0 spiro atoms. The summed E-state index contributed by atoms with van der Waals surface area (Å²) in [6.07, 6.45) is 3.89. The Morgan fingerprint density at radius 3 is 2.75 bits per heavy atom. The molecule has 126 valence electrons. The van der Waals surface area contributed by atoms with Crippen LogP contribution in [0.25, 0.3) is 0 Å². The van der Waals surface area contributed by atoms with Crippen molar-refractivity contribution in [3.8, 4) is 5.75 Å². The van der Waals surface area contributed by atoms with Gasteiger partial charge in [0.2, 0.25) is 5.95 Å². The van der Waals surface area contributed by atoms with Gasteiger partial charge in [-0.15, -0.1) is 0 Å².